The average Bonchev–Trinajstić information content (AvgIpc) is 3.80. The van der Waals surface area contributed by atoms with Crippen molar-refractivity contribution in [2.24, 2.45) is 0 Å². The van der Waals surface area contributed by atoms with E-state index in [-0.39, 0.29) is 20.1 Å². The molecule has 0 spiro atoms. The molecule has 11 aromatic carbocycles. The number of aromatic nitrogens is 3. The largest absolute Gasteiger partial charge is 0.305 e. The van der Waals surface area contributed by atoms with E-state index in [4.69, 9.17) is 4.98 Å². The third-order valence-electron chi connectivity index (χ3n) is 12.8. The van der Waals surface area contributed by atoms with Crippen LogP contribution in [0.4, 0.5) is 0 Å². The number of hydrogen-bond donors (Lipinski definition) is 0. The van der Waals surface area contributed by atoms with E-state index in [9.17, 15) is 0 Å². The topological polar surface area (TPSA) is 30.7 Å². The molecule has 1 radical (unpaired) electrons. The van der Waals surface area contributed by atoms with Crippen molar-refractivity contribution < 1.29 is 20.1 Å². The van der Waals surface area contributed by atoms with Gasteiger partial charge >= 0.3 is 0 Å². The maximum atomic E-state index is 5.07. The van der Waals surface area contributed by atoms with E-state index in [1.165, 1.54) is 76.5 Å². The third kappa shape index (κ3) is 7.96. The Morgan fingerprint density at radius 3 is 1.59 bits per heavy atom. The molecule has 0 aliphatic carbocycles. The Bertz CT molecular complexity index is 3860. The number of nitrogens with zero attached hydrogens (tertiary/aromatic N) is 3. The fourth-order valence-electron chi connectivity index (χ4n) is 9.62. The molecule has 0 fully saturated rings. The van der Waals surface area contributed by atoms with Crippen LogP contribution >= 0.6 is 0 Å². The predicted molar refractivity (Wildman–Crippen MR) is 281 cm³/mol. The number of para-hydroxylation sites is 2. The molecule has 2 heterocycles. The van der Waals surface area contributed by atoms with E-state index in [2.05, 4.69) is 216 Å². The van der Waals surface area contributed by atoms with E-state index < -0.39 is 0 Å². The van der Waals surface area contributed by atoms with Crippen molar-refractivity contribution in [2.45, 2.75) is 0 Å². The van der Waals surface area contributed by atoms with Crippen LogP contribution in [0.25, 0.3) is 116 Å². The summed E-state index contributed by atoms with van der Waals surface area (Å²) in [5.41, 5.74) is 13.6. The summed E-state index contributed by atoms with van der Waals surface area (Å²) in [7, 11) is 0. The first kappa shape index (κ1) is 42.4. The van der Waals surface area contributed by atoms with Crippen molar-refractivity contribution in [1.82, 2.24) is 14.5 Å². The molecule has 13 rings (SSSR count). The number of benzene rings is 11. The van der Waals surface area contributed by atoms with Gasteiger partial charge in [-0.05, 0) is 131 Å². The summed E-state index contributed by atoms with van der Waals surface area (Å²) in [6.07, 6.45) is 1.79. The number of hydrogen-bond acceptors (Lipinski definition) is 2. The first-order valence-electron chi connectivity index (χ1n) is 22.7. The minimum atomic E-state index is 0. The van der Waals surface area contributed by atoms with E-state index in [0.29, 0.717) is 0 Å². The molecule has 0 bridgehead atoms. The van der Waals surface area contributed by atoms with Crippen LogP contribution in [0.5, 0.6) is 0 Å². The number of pyridine rings is 1. The SMILES string of the molecule is [Ir].[c-]1ccccc1-c1ccccn1.c1ccc(-c2nc3ccccc3n2-c2ccc(-c3ccc4c(-c5ccc6ccccc6c5)c5ccccc5c(-c5ccc6ccccc6c5)c4c3)cc2)cc1. The van der Waals surface area contributed by atoms with Crippen LogP contribution in [0.3, 0.4) is 0 Å². The Balaban J connectivity index is 0.000000340. The molecule has 0 unspecified atom stereocenters. The predicted octanol–water partition coefficient (Wildman–Crippen LogP) is 16.9. The smallest absolute Gasteiger partial charge is 0.145 e. The summed E-state index contributed by atoms with van der Waals surface area (Å²) in [5, 5.41) is 9.97. The molecular formula is C64H42IrN3-. The zero-order valence-corrected chi connectivity index (χ0v) is 39.3. The molecule has 68 heavy (non-hydrogen) atoms. The van der Waals surface area contributed by atoms with E-state index in [1.807, 2.05) is 48.5 Å². The minimum Gasteiger partial charge on any atom is -0.305 e. The Kier molecular flexibility index (Phi) is 11.6. The zero-order chi connectivity index (χ0) is 44.5. The molecule has 0 aliphatic rings. The van der Waals surface area contributed by atoms with Gasteiger partial charge in [0.25, 0.3) is 0 Å². The van der Waals surface area contributed by atoms with Gasteiger partial charge in [0.15, 0.2) is 0 Å². The average molecular weight is 1050 g/mol. The molecule has 2 aromatic heterocycles. The molecular weight excluding hydrogens is 1000 g/mol. The Morgan fingerprint density at radius 2 is 0.926 bits per heavy atom. The molecule has 0 saturated carbocycles. The summed E-state index contributed by atoms with van der Waals surface area (Å²) in [4.78, 5) is 9.29. The van der Waals surface area contributed by atoms with Gasteiger partial charge in [-0.1, -0.05) is 176 Å². The van der Waals surface area contributed by atoms with Gasteiger partial charge < -0.3 is 4.98 Å². The molecule has 0 amide bonds. The summed E-state index contributed by atoms with van der Waals surface area (Å²) < 4.78 is 2.27. The maximum Gasteiger partial charge on any atom is 0.145 e. The van der Waals surface area contributed by atoms with Crippen molar-refractivity contribution in [3.63, 3.8) is 0 Å². The Morgan fingerprint density at radius 1 is 0.368 bits per heavy atom. The molecule has 13 aromatic rings. The van der Waals surface area contributed by atoms with Crippen molar-refractivity contribution in [3.05, 3.63) is 261 Å². The van der Waals surface area contributed by atoms with Gasteiger partial charge in [0, 0.05) is 37.6 Å². The van der Waals surface area contributed by atoms with Gasteiger partial charge in [-0.2, -0.15) is 0 Å². The zero-order valence-electron chi connectivity index (χ0n) is 36.9. The molecule has 323 valence electrons. The van der Waals surface area contributed by atoms with E-state index in [0.717, 1.165) is 39.4 Å². The normalized spacial score (nSPS) is 11.1. The van der Waals surface area contributed by atoms with Crippen LogP contribution in [0, 0.1) is 6.07 Å². The van der Waals surface area contributed by atoms with Gasteiger partial charge in [0.2, 0.25) is 0 Å². The van der Waals surface area contributed by atoms with Crippen LogP contribution < -0.4 is 0 Å². The van der Waals surface area contributed by atoms with Crippen molar-refractivity contribution in [3.8, 4) is 61.7 Å². The van der Waals surface area contributed by atoms with Crippen LogP contribution in [0.1, 0.15) is 0 Å². The standard InChI is InChI=1S/C53H34N2.C11H8N.Ir/c1-2-14-38(15-3-1)53-54-49-20-10-11-21-50(49)55(53)44-29-26-37(27-30-44)41-28-31-47-48(34-41)52(43-25-23-36-13-5-7-17-40(36)33-43)46-19-9-8-18-45(46)51(47)42-24-22-35-12-4-6-16-39(35)32-42;1-2-6-10(7-3-1)11-8-4-5-9-12-11;/h1-34H;1-6,8-9H;/q;-1;. The van der Waals surface area contributed by atoms with Crippen LogP contribution in [-0.2, 0) is 20.1 Å². The quantitative estimate of drug-likeness (QED) is 0.123. The minimum absolute atomic E-state index is 0. The van der Waals surface area contributed by atoms with Gasteiger partial charge in [-0.15, -0.1) is 35.9 Å². The van der Waals surface area contributed by atoms with Crippen molar-refractivity contribution in [2.75, 3.05) is 0 Å². The molecule has 0 aliphatic heterocycles. The van der Waals surface area contributed by atoms with Crippen molar-refractivity contribution in [1.29, 1.82) is 0 Å². The number of imidazole rings is 1. The fourth-order valence-corrected chi connectivity index (χ4v) is 9.62. The molecule has 3 nitrogen and oxygen atoms in total. The molecule has 0 atom stereocenters. The first-order valence-corrected chi connectivity index (χ1v) is 22.7. The summed E-state index contributed by atoms with van der Waals surface area (Å²) in [6, 6.07) is 91.7. The van der Waals surface area contributed by atoms with Gasteiger partial charge in [-0.25, -0.2) is 4.98 Å². The van der Waals surface area contributed by atoms with E-state index in [1.54, 1.807) is 6.20 Å². The third-order valence-corrected chi connectivity index (χ3v) is 12.8. The van der Waals surface area contributed by atoms with Crippen LogP contribution in [0.15, 0.2) is 255 Å². The second-order valence-electron chi connectivity index (χ2n) is 16.8. The molecule has 0 saturated heterocycles. The summed E-state index contributed by atoms with van der Waals surface area (Å²) in [5.74, 6) is 0.938. The first-order chi connectivity index (χ1) is 33.2. The maximum absolute atomic E-state index is 5.07. The molecule has 0 N–H and O–H groups in total. The fraction of sp³-hybridized carbons (Fsp3) is 0. The number of fused-ring (bicyclic) bond motifs is 5. The monoisotopic (exact) mass is 1050 g/mol. The summed E-state index contributed by atoms with van der Waals surface area (Å²) >= 11 is 0. The van der Waals surface area contributed by atoms with Crippen LogP contribution in [0.2, 0.25) is 0 Å². The van der Waals surface area contributed by atoms with Crippen LogP contribution in [-0.4, -0.2) is 14.5 Å². The van der Waals surface area contributed by atoms with E-state index >= 15 is 0 Å². The number of rotatable bonds is 6. The Hall–Kier alpha value is -8.27. The summed E-state index contributed by atoms with van der Waals surface area (Å²) in [6.45, 7) is 0. The second-order valence-corrected chi connectivity index (χ2v) is 16.8. The van der Waals surface area contributed by atoms with Gasteiger partial charge in [0.05, 0.1) is 11.0 Å². The molecule has 4 heteroatoms. The second kappa shape index (κ2) is 18.5. The Labute approximate surface area is 409 Å². The van der Waals surface area contributed by atoms with Gasteiger partial charge in [0.1, 0.15) is 5.82 Å². The van der Waals surface area contributed by atoms with Gasteiger partial charge in [-0.3, -0.25) is 4.57 Å². The van der Waals surface area contributed by atoms with Crippen molar-refractivity contribution >= 4 is 54.1 Å².